The number of ether oxygens (including phenoxy) is 2. The van der Waals surface area contributed by atoms with Gasteiger partial charge in [-0.1, -0.05) is 32.9 Å². The van der Waals surface area contributed by atoms with Crippen LogP contribution in [0, 0.1) is 6.92 Å². The van der Waals surface area contributed by atoms with E-state index in [1.807, 2.05) is 39.0 Å². The third-order valence-electron chi connectivity index (χ3n) is 4.64. The smallest absolute Gasteiger partial charge is 0.210 e. The normalized spacial score (nSPS) is 11.9. The topological polar surface area (TPSA) is 64.8 Å². The summed E-state index contributed by atoms with van der Waals surface area (Å²) in [6, 6.07) is 10.1. The molecule has 0 saturated carbocycles. The molecule has 2 aromatic rings. The first-order chi connectivity index (χ1) is 13.5. The minimum atomic E-state index is 0.652. The molecule has 154 valence electrons. The maximum absolute atomic E-state index is 10.7. The first kappa shape index (κ1) is 23.3. The van der Waals surface area contributed by atoms with Gasteiger partial charge in [0.2, 0.25) is 6.41 Å². The number of methoxy groups -OCH3 is 2. The van der Waals surface area contributed by atoms with E-state index in [0.29, 0.717) is 12.3 Å². The van der Waals surface area contributed by atoms with Gasteiger partial charge in [-0.3, -0.25) is 4.79 Å². The number of hydrogen-bond acceptors (Lipinski definition) is 4. The number of hydrogen-bond donors (Lipinski definition) is 1. The number of carbonyl (C=O) groups is 1. The fraction of sp³-hybridized carbons (Fsp3) is 0.435. The molecule has 5 heteroatoms. The van der Waals surface area contributed by atoms with Gasteiger partial charge in [0.1, 0.15) is 0 Å². The molecule has 2 aromatic carbocycles. The number of carbonyl (C=O) groups excluding carboxylic acids is 1. The van der Waals surface area contributed by atoms with Gasteiger partial charge < -0.3 is 20.1 Å². The number of nitrogens with zero attached hydrogens (tertiary/aromatic N) is 1. The zero-order valence-electron chi connectivity index (χ0n) is 18.0. The van der Waals surface area contributed by atoms with Crippen molar-refractivity contribution in [3.63, 3.8) is 0 Å². The van der Waals surface area contributed by atoms with E-state index in [1.54, 1.807) is 19.1 Å². The SMILES string of the molecule is CC.CCc1ccc(N)c(C)c1.COc1cc2c(cc1OC)CN(C=O)CC2. The Morgan fingerprint density at radius 3 is 2.18 bits per heavy atom. The molecular formula is C23H34N2O3. The molecule has 2 N–H and O–H groups in total. The molecule has 1 aliphatic heterocycles. The molecule has 0 aliphatic carbocycles. The van der Waals surface area contributed by atoms with Gasteiger partial charge in [-0.05, 0) is 60.2 Å². The lowest BCUT2D eigenvalue weighted by atomic mass is 9.99. The number of aryl methyl sites for hydroxylation is 2. The standard InChI is InChI=1S/C12H15NO3.C9H13N.C2H6/c1-15-11-5-9-3-4-13(8-14)7-10(9)6-12(11)16-2;1-3-8-4-5-9(10)7(2)6-8;1-2/h5-6,8H,3-4,7H2,1-2H3;4-6H,3,10H2,1-2H3;1-2H3. The summed E-state index contributed by atoms with van der Waals surface area (Å²) < 4.78 is 10.5. The number of nitrogens with two attached hydrogens (primary N) is 1. The Kier molecular flexibility index (Phi) is 9.93. The third kappa shape index (κ3) is 6.19. The molecule has 5 nitrogen and oxygen atoms in total. The van der Waals surface area contributed by atoms with Crippen LogP contribution in [0.4, 0.5) is 5.69 Å². The maximum Gasteiger partial charge on any atom is 0.210 e. The average Bonchev–Trinajstić information content (AvgIpc) is 2.76. The number of amides is 1. The Hall–Kier alpha value is -2.69. The zero-order valence-corrected chi connectivity index (χ0v) is 18.0. The van der Waals surface area contributed by atoms with Crippen LogP contribution in [0.1, 0.15) is 43.0 Å². The van der Waals surface area contributed by atoms with Crippen molar-refractivity contribution in [3.05, 3.63) is 52.6 Å². The fourth-order valence-corrected chi connectivity index (χ4v) is 2.95. The second kappa shape index (κ2) is 11.9. The summed E-state index contributed by atoms with van der Waals surface area (Å²) in [5.74, 6) is 1.47. The molecule has 0 spiro atoms. The molecule has 0 saturated heterocycles. The molecule has 1 heterocycles. The summed E-state index contributed by atoms with van der Waals surface area (Å²) in [5.41, 5.74) is 11.4. The molecule has 0 atom stereocenters. The summed E-state index contributed by atoms with van der Waals surface area (Å²) >= 11 is 0. The lowest BCUT2D eigenvalue weighted by Gasteiger charge is -2.26. The van der Waals surface area contributed by atoms with Gasteiger partial charge in [0.25, 0.3) is 0 Å². The van der Waals surface area contributed by atoms with E-state index in [9.17, 15) is 4.79 Å². The molecule has 0 aromatic heterocycles. The van der Waals surface area contributed by atoms with E-state index in [0.717, 1.165) is 42.8 Å². The largest absolute Gasteiger partial charge is 0.493 e. The monoisotopic (exact) mass is 386 g/mol. The zero-order chi connectivity index (χ0) is 21.1. The number of rotatable bonds is 4. The van der Waals surface area contributed by atoms with Crippen LogP contribution in [0.5, 0.6) is 11.5 Å². The Labute approximate surface area is 169 Å². The van der Waals surface area contributed by atoms with Crippen molar-refractivity contribution in [1.29, 1.82) is 0 Å². The summed E-state index contributed by atoms with van der Waals surface area (Å²) in [6.07, 6.45) is 2.84. The van der Waals surface area contributed by atoms with Crippen molar-refractivity contribution in [3.8, 4) is 11.5 Å². The number of nitrogen functional groups attached to an aromatic ring is 1. The van der Waals surface area contributed by atoms with E-state index in [-0.39, 0.29) is 0 Å². The third-order valence-corrected chi connectivity index (χ3v) is 4.64. The van der Waals surface area contributed by atoms with Gasteiger partial charge in [-0.25, -0.2) is 0 Å². The average molecular weight is 387 g/mol. The predicted octanol–water partition coefficient (Wildman–Crippen LogP) is 4.38. The Morgan fingerprint density at radius 2 is 1.68 bits per heavy atom. The van der Waals surface area contributed by atoms with Crippen LogP contribution in [0.3, 0.4) is 0 Å². The highest BCUT2D eigenvalue weighted by molar-refractivity contribution is 5.53. The van der Waals surface area contributed by atoms with Crippen molar-refractivity contribution < 1.29 is 14.3 Å². The lowest BCUT2D eigenvalue weighted by molar-refractivity contribution is -0.118. The quantitative estimate of drug-likeness (QED) is 0.625. The van der Waals surface area contributed by atoms with Crippen molar-refractivity contribution >= 4 is 12.1 Å². The highest BCUT2D eigenvalue weighted by Gasteiger charge is 2.18. The van der Waals surface area contributed by atoms with Gasteiger partial charge in [0, 0.05) is 18.8 Å². The van der Waals surface area contributed by atoms with E-state index in [4.69, 9.17) is 15.2 Å². The summed E-state index contributed by atoms with van der Waals surface area (Å²) in [6.45, 7) is 9.60. The molecule has 0 bridgehead atoms. The van der Waals surface area contributed by atoms with E-state index in [2.05, 4.69) is 19.1 Å². The maximum atomic E-state index is 10.7. The Balaban J connectivity index is 0.000000281. The second-order valence-electron chi connectivity index (χ2n) is 6.35. The van der Waals surface area contributed by atoms with Crippen LogP contribution in [0.15, 0.2) is 30.3 Å². The van der Waals surface area contributed by atoms with Crippen LogP contribution in [0.25, 0.3) is 0 Å². The fourth-order valence-electron chi connectivity index (χ4n) is 2.95. The Bertz CT molecular complexity index is 760. The van der Waals surface area contributed by atoms with Crippen molar-refractivity contribution in [2.45, 2.75) is 47.1 Å². The first-order valence-electron chi connectivity index (χ1n) is 9.80. The summed E-state index contributed by atoms with van der Waals surface area (Å²) in [5, 5.41) is 0. The molecule has 0 unspecified atom stereocenters. The molecule has 1 aliphatic rings. The van der Waals surface area contributed by atoms with Gasteiger partial charge in [-0.15, -0.1) is 0 Å². The lowest BCUT2D eigenvalue weighted by Crippen LogP contribution is -2.29. The molecule has 28 heavy (non-hydrogen) atoms. The van der Waals surface area contributed by atoms with E-state index < -0.39 is 0 Å². The highest BCUT2D eigenvalue weighted by atomic mass is 16.5. The number of anilines is 1. The molecule has 0 fully saturated rings. The minimum absolute atomic E-state index is 0.652. The summed E-state index contributed by atoms with van der Waals surface area (Å²) in [7, 11) is 3.25. The van der Waals surface area contributed by atoms with Gasteiger partial charge >= 0.3 is 0 Å². The predicted molar refractivity (Wildman–Crippen MR) is 116 cm³/mol. The van der Waals surface area contributed by atoms with Crippen molar-refractivity contribution in [2.75, 3.05) is 26.5 Å². The summed E-state index contributed by atoms with van der Waals surface area (Å²) in [4.78, 5) is 12.5. The highest BCUT2D eigenvalue weighted by Crippen LogP contribution is 2.32. The first-order valence-corrected chi connectivity index (χ1v) is 9.80. The van der Waals surface area contributed by atoms with Crippen LogP contribution in [-0.2, 0) is 24.2 Å². The Morgan fingerprint density at radius 1 is 1.07 bits per heavy atom. The second-order valence-corrected chi connectivity index (χ2v) is 6.35. The van der Waals surface area contributed by atoms with E-state index >= 15 is 0 Å². The van der Waals surface area contributed by atoms with Crippen LogP contribution < -0.4 is 15.2 Å². The molecule has 0 radical (unpaired) electrons. The van der Waals surface area contributed by atoms with E-state index in [1.165, 1.54) is 16.7 Å². The van der Waals surface area contributed by atoms with Crippen molar-refractivity contribution in [2.24, 2.45) is 0 Å². The van der Waals surface area contributed by atoms with Crippen LogP contribution in [0.2, 0.25) is 0 Å². The molecule has 1 amide bonds. The van der Waals surface area contributed by atoms with Gasteiger partial charge in [-0.2, -0.15) is 0 Å². The molecular weight excluding hydrogens is 352 g/mol. The van der Waals surface area contributed by atoms with Gasteiger partial charge in [0.15, 0.2) is 11.5 Å². The van der Waals surface area contributed by atoms with Crippen molar-refractivity contribution in [1.82, 2.24) is 4.90 Å². The number of fused-ring (bicyclic) bond motifs is 1. The van der Waals surface area contributed by atoms with Crippen LogP contribution in [-0.4, -0.2) is 32.1 Å². The number of benzene rings is 2. The van der Waals surface area contributed by atoms with Gasteiger partial charge in [0.05, 0.1) is 14.2 Å². The molecule has 3 rings (SSSR count). The minimum Gasteiger partial charge on any atom is -0.493 e. The van der Waals surface area contributed by atoms with Crippen LogP contribution >= 0.6 is 0 Å².